The highest BCUT2D eigenvalue weighted by atomic mass is 16.2. The van der Waals surface area contributed by atoms with E-state index in [9.17, 15) is 4.79 Å². The number of amides is 1. The molecule has 0 spiro atoms. The SMILES string of the molecule is O=C(c1ccnnc1)N1CCC(c2nc3ccc(Nc4ccccc4)cn3n2)CC1. The molecule has 1 N–H and O–H groups in total. The van der Waals surface area contributed by atoms with Crippen molar-refractivity contribution in [2.75, 3.05) is 18.4 Å². The van der Waals surface area contributed by atoms with E-state index in [4.69, 9.17) is 10.1 Å². The minimum absolute atomic E-state index is 0.00272. The molecule has 8 nitrogen and oxygen atoms in total. The molecule has 1 aromatic carbocycles. The van der Waals surface area contributed by atoms with E-state index in [0.717, 1.165) is 35.7 Å². The molecule has 0 atom stereocenters. The van der Waals surface area contributed by atoms with Crippen molar-refractivity contribution in [3.63, 3.8) is 0 Å². The first-order valence-corrected chi connectivity index (χ1v) is 10.0. The minimum atomic E-state index is 0.00272. The molecule has 3 aromatic heterocycles. The van der Waals surface area contributed by atoms with E-state index in [1.807, 2.05) is 58.1 Å². The van der Waals surface area contributed by atoms with Crippen LogP contribution < -0.4 is 5.32 Å². The van der Waals surface area contributed by atoms with Crippen LogP contribution in [-0.2, 0) is 0 Å². The maximum Gasteiger partial charge on any atom is 0.255 e. The molecule has 5 rings (SSSR count). The molecular weight excluding hydrogens is 378 g/mol. The topological polar surface area (TPSA) is 88.3 Å². The fourth-order valence-corrected chi connectivity index (χ4v) is 3.78. The van der Waals surface area contributed by atoms with Crippen LogP contribution in [0.5, 0.6) is 0 Å². The van der Waals surface area contributed by atoms with Crippen LogP contribution in [-0.4, -0.2) is 48.7 Å². The van der Waals surface area contributed by atoms with Gasteiger partial charge in [0.1, 0.15) is 0 Å². The number of anilines is 2. The molecule has 1 amide bonds. The first-order chi connectivity index (χ1) is 14.8. The van der Waals surface area contributed by atoms with Gasteiger partial charge in [0, 0.05) is 24.7 Å². The van der Waals surface area contributed by atoms with Gasteiger partial charge in [-0.2, -0.15) is 15.3 Å². The number of carbonyl (C=O) groups is 1. The highest BCUT2D eigenvalue weighted by Crippen LogP contribution is 2.27. The second-order valence-electron chi connectivity index (χ2n) is 7.38. The molecule has 0 bridgehead atoms. The molecule has 1 aliphatic rings. The Balaban J connectivity index is 1.27. The standard InChI is InChI=1S/C22H21N7O/c30-22(17-8-11-23-24-14-17)28-12-9-16(10-13-28)21-26-20-7-6-19(15-29(20)27-21)25-18-4-2-1-3-5-18/h1-8,11,14-16,25H,9-10,12-13H2. The van der Waals surface area contributed by atoms with Gasteiger partial charge < -0.3 is 10.2 Å². The number of likely N-dealkylation sites (tertiary alicyclic amines) is 1. The Morgan fingerprint density at radius 2 is 1.80 bits per heavy atom. The first-order valence-electron chi connectivity index (χ1n) is 10.0. The summed E-state index contributed by atoms with van der Waals surface area (Å²) >= 11 is 0. The second-order valence-corrected chi connectivity index (χ2v) is 7.38. The van der Waals surface area contributed by atoms with Crippen LogP contribution in [0.3, 0.4) is 0 Å². The number of benzene rings is 1. The Morgan fingerprint density at radius 3 is 2.57 bits per heavy atom. The van der Waals surface area contributed by atoms with Gasteiger partial charge in [-0.3, -0.25) is 4.79 Å². The van der Waals surface area contributed by atoms with E-state index in [1.54, 1.807) is 12.3 Å². The lowest BCUT2D eigenvalue weighted by atomic mass is 9.96. The number of aromatic nitrogens is 5. The predicted octanol–water partition coefficient (Wildman–Crippen LogP) is 3.28. The Hall–Kier alpha value is -3.81. The number of pyridine rings is 1. The normalized spacial score (nSPS) is 14.7. The van der Waals surface area contributed by atoms with Crippen molar-refractivity contribution in [2.45, 2.75) is 18.8 Å². The Labute approximate surface area is 173 Å². The summed E-state index contributed by atoms with van der Waals surface area (Å²) in [7, 11) is 0. The zero-order valence-corrected chi connectivity index (χ0v) is 16.3. The number of piperidine rings is 1. The Morgan fingerprint density at radius 1 is 0.967 bits per heavy atom. The number of nitrogens with zero attached hydrogens (tertiary/aromatic N) is 6. The number of nitrogens with one attached hydrogen (secondary N) is 1. The first kappa shape index (κ1) is 18.2. The number of hydrogen-bond acceptors (Lipinski definition) is 6. The van der Waals surface area contributed by atoms with Crippen LogP contribution in [0.4, 0.5) is 11.4 Å². The van der Waals surface area contributed by atoms with Gasteiger partial charge in [-0.25, -0.2) is 9.50 Å². The lowest BCUT2D eigenvalue weighted by molar-refractivity contribution is 0.0710. The van der Waals surface area contributed by atoms with Crippen LogP contribution in [0.1, 0.15) is 34.9 Å². The summed E-state index contributed by atoms with van der Waals surface area (Å²) < 4.78 is 1.82. The summed E-state index contributed by atoms with van der Waals surface area (Å²) in [6.45, 7) is 1.37. The van der Waals surface area contributed by atoms with Gasteiger partial charge in [0.25, 0.3) is 5.91 Å². The van der Waals surface area contributed by atoms with Crippen molar-refractivity contribution in [3.05, 3.63) is 78.5 Å². The van der Waals surface area contributed by atoms with Crippen LogP contribution in [0.15, 0.2) is 67.1 Å². The van der Waals surface area contributed by atoms with E-state index in [1.165, 1.54) is 6.20 Å². The zero-order chi connectivity index (χ0) is 20.3. The number of carbonyl (C=O) groups excluding carboxylic acids is 1. The molecular formula is C22H21N7O. The van der Waals surface area contributed by atoms with E-state index >= 15 is 0 Å². The van der Waals surface area contributed by atoms with Crippen molar-refractivity contribution < 1.29 is 4.79 Å². The number of fused-ring (bicyclic) bond motifs is 1. The smallest absolute Gasteiger partial charge is 0.255 e. The van der Waals surface area contributed by atoms with Gasteiger partial charge in [-0.1, -0.05) is 18.2 Å². The molecule has 4 aromatic rings. The maximum absolute atomic E-state index is 12.6. The van der Waals surface area contributed by atoms with Gasteiger partial charge in [0.15, 0.2) is 11.5 Å². The predicted molar refractivity (Wildman–Crippen MR) is 113 cm³/mol. The third-order valence-corrected chi connectivity index (χ3v) is 5.39. The molecule has 1 saturated heterocycles. The fourth-order valence-electron chi connectivity index (χ4n) is 3.78. The zero-order valence-electron chi connectivity index (χ0n) is 16.3. The van der Waals surface area contributed by atoms with Crippen molar-refractivity contribution in [3.8, 4) is 0 Å². The average Bonchev–Trinajstić information content (AvgIpc) is 3.23. The summed E-state index contributed by atoms with van der Waals surface area (Å²) in [5.41, 5.74) is 3.38. The lowest BCUT2D eigenvalue weighted by Gasteiger charge is -2.30. The van der Waals surface area contributed by atoms with Gasteiger partial charge in [0.2, 0.25) is 0 Å². The monoisotopic (exact) mass is 399 g/mol. The van der Waals surface area contributed by atoms with Crippen molar-refractivity contribution in [2.24, 2.45) is 0 Å². The largest absolute Gasteiger partial charge is 0.354 e. The fraction of sp³-hybridized carbons (Fsp3) is 0.227. The maximum atomic E-state index is 12.6. The molecule has 0 saturated carbocycles. The third-order valence-electron chi connectivity index (χ3n) is 5.39. The summed E-state index contributed by atoms with van der Waals surface area (Å²) in [4.78, 5) is 19.2. The summed E-state index contributed by atoms with van der Waals surface area (Å²) in [6, 6.07) is 15.7. The Bertz CT molecular complexity index is 1150. The highest BCUT2D eigenvalue weighted by molar-refractivity contribution is 5.93. The summed E-state index contributed by atoms with van der Waals surface area (Å²) in [5, 5.41) is 15.6. The van der Waals surface area contributed by atoms with Crippen LogP contribution in [0.2, 0.25) is 0 Å². The molecule has 0 radical (unpaired) electrons. The molecule has 4 heterocycles. The van der Waals surface area contributed by atoms with Crippen LogP contribution in [0.25, 0.3) is 5.65 Å². The Kier molecular flexibility index (Phi) is 4.80. The van der Waals surface area contributed by atoms with E-state index < -0.39 is 0 Å². The number of para-hydroxylation sites is 1. The van der Waals surface area contributed by atoms with E-state index in [0.29, 0.717) is 18.7 Å². The molecule has 1 fully saturated rings. The third kappa shape index (κ3) is 3.71. The van der Waals surface area contributed by atoms with Gasteiger partial charge >= 0.3 is 0 Å². The lowest BCUT2D eigenvalue weighted by Crippen LogP contribution is -2.38. The highest BCUT2D eigenvalue weighted by Gasteiger charge is 2.27. The van der Waals surface area contributed by atoms with Crippen LogP contribution in [0, 0.1) is 0 Å². The van der Waals surface area contributed by atoms with Crippen LogP contribution >= 0.6 is 0 Å². The minimum Gasteiger partial charge on any atom is -0.354 e. The van der Waals surface area contributed by atoms with Gasteiger partial charge in [-0.15, -0.1) is 0 Å². The van der Waals surface area contributed by atoms with Crippen molar-refractivity contribution in [1.82, 2.24) is 29.7 Å². The van der Waals surface area contributed by atoms with Crippen molar-refractivity contribution >= 4 is 22.9 Å². The molecule has 30 heavy (non-hydrogen) atoms. The quantitative estimate of drug-likeness (QED) is 0.567. The average molecular weight is 399 g/mol. The van der Waals surface area contributed by atoms with Gasteiger partial charge in [-0.05, 0) is 43.2 Å². The molecule has 0 aliphatic carbocycles. The van der Waals surface area contributed by atoms with Gasteiger partial charge in [0.05, 0.1) is 29.8 Å². The summed E-state index contributed by atoms with van der Waals surface area (Å²) in [5.74, 6) is 1.09. The van der Waals surface area contributed by atoms with Crippen molar-refractivity contribution in [1.29, 1.82) is 0 Å². The number of rotatable bonds is 4. The molecule has 150 valence electrons. The molecule has 8 heteroatoms. The van der Waals surface area contributed by atoms with E-state index in [2.05, 4.69) is 15.5 Å². The molecule has 1 aliphatic heterocycles. The second kappa shape index (κ2) is 7.90. The molecule has 0 unspecified atom stereocenters. The van der Waals surface area contributed by atoms with E-state index in [-0.39, 0.29) is 11.8 Å². The summed E-state index contributed by atoms with van der Waals surface area (Å²) in [6.07, 6.45) is 6.70. The number of hydrogen-bond donors (Lipinski definition) is 1.